The Hall–Kier alpha value is -7.19. The van der Waals surface area contributed by atoms with Crippen molar-refractivity contribution in [3.63, 3.8) is 0 Å². The normalized spacial score (nSPS) is 21.2. The van der Waals surface area contributed by atoms with Gasteiger partial charge < -0.3 is 10.1 Å². The van der Waals surface area contributed by atoms with E-state index in [1.54, 1.807) is 54.6 Å². The molecule has 0 aliphatic carbocycles. The van der Waals surface area contributed by atoms with Gasteiger partial charge in [-0.15, -0.1) is 0 Å². The molecule has 3 N–H and O–H groups in total. The van der Waals surface area contributed by atoms with E-state index in [4.69, 9.17) is 4.98 Å². The van der Waals surface area contributed by atoms with Crippen LogP contribution in [0.4, 0.5) is 24.5 Å². The van der Waals surface area contributed by atoms with Gasteiger partial charge >= 0.3 is 6.18 Å². The number of amides is 2. The predicted octanol–water partition coefficient (Wildman–Crippen LogP) is 7.98. The number of aliphatic imine (C=N–C) groups is 1. The Morgan fingerprint density at radius 1 is 0.820 bits per heavy atom. The van der Waals surface area contributed by atoms with Gasteiger partial charge in [0.25, 0.3) is 5.56 Å². The number of anilines is 1. The third kappa shape index (κ3) is 5.62. The number of H-pyrrole nitrogens is 1. The van der Waals surface area contributed by atoms with Crippen molar-refractivity contribution in [1.29, 1.82) is 0 Å². The lowest BCUT2D eigenvalue weighted by atomic mass is 9.75. The van der Waals surface area contributed by atoms with Crippen LogP contribution in [0.2, 0.25) is 0 Å². The molecule has 11 rings (SSSR count). The molecule has 11 nitrogen and oxygen atoms in total. The van der Waals surface area contributed by atoms with Crippen LogP contribution >= 0.6 is 0 Å². The predicted molar refractivity (Wildman–Crippen MR) is 222 cm³/mol. The van der Waals surface area contributed by atoms with Crippen LogP contribution in [0.5, 0.6) is 5.88 Å². The van der Waals surface area contributed by atoms with Gasteiger partial charge in [-0.05, 0) is 66.9 Å². The first kappa shape index (κ1) is 38.0. The fourth-order valence-corrected chi connectivity index (χ4v) is 9.60. The fourth-order valence-electron chi connectivity index (χ4n) is 9.60. The Morgan fingerprint density at radius 2 is 1.52 bits per heavy atom. The maximum atomic E-state index is 14.4. The van der Waals surface area contributed by atoms with Crippen molar-refractivity contribution in [3.8, 4) is 11.6 Å². The van der Waals surface area contributed by atoms with Crippen LogP contribution in [0, 0.1) is 17.8 Å². The summed E-state index contributed by atoms with van der Waals surface area (Å²) in [6.45, 7) is 4.00. The monoisotopic (exact) mass is 820 g/mol. The molecule has 1 spiro atoms. The number of rotatable bonds is 4. The van der Waals surface area contributed by atoms with E-state index in [0.29, 0.717) is 56.9 Å². The number of aromatic amines is 1. The van der Waals surface area contributed by atoms with Crippen molar-refractivity contribution >= 4 is 56.5 Å². The number of fused-ring (bicyclic) bond motifs is 10. The van der Waals surface area contributed by atoms with Gasteiger partial charge in [-0.2, -0.15) is 13.2 Å². The van der Waals surface area contributed by atoms with Crippen LogP contribution in [0.1, 0.15) is 53.1 Å². The van der Waals surface area contributed by atoms with Crippen molar-refractivity contribution in [2.75, 3.05) is 4.90 Å². The van der Waals surface area contributed by atoms with Crippen LogP contribution in [0.15, 0.2) is 131 Å². The lowest BCUT2D eigenvalue weighted by Gasteiger charge is -2.32. The summed E-state index contributed by atoms with van der Waals surface area (Å²) in [4.78, 5) is 67.8. The highest BCUT2D eigenvalue weighted by Gasteiger charge is 2.69. The highest BCUT2D eigenvalue weighted by atomic mass is 19.4. The molecule has 0 saturated carbocycles. The number of benzene rings is 5. The third-order valence-corrected chi connectivity index (χ3v) is 12.0. The van der Waals surface area contributed by atoms with Crippen molar-refractivity contribution in [3.05, 3.63) is 160 Å². The average Bonchev–Trinajstić information content (AvgIpc) is 4.00. The Labute approximate surface area is 345 Å². The number of carbonyl (C=O) groups is 3. The Balaban J connectivity index is 0.000000185. The van der Waals surface area contributed by atoms with Crippen LogP contribution in [0.3, 0.4) is 0 Å². The number of hydrogen-bond donors (Lipinski definition) is 3. The minimum absolute atomic E-state index is 0.0221. The number of aromatic hydroxyl groups is 1. The molecule has 61 heavy (non-hydrogen) atoms. The molecule has 4 atom stereocenters. The number of nitrogens with zero attached hydrogens (tertiary/aromatic N) is 4. The number of para-hydroxylation sites is 4. The zero-order chi connectivity index (χ0) is 42.5. The van der Waals surface area contributed by atoms with E-state index < -0.39 is 47.0 Å². The third-order valence-electron chi connectivity index (χ3n) is 12.0. The Morgan fingerprint density at radius 3 is 2.30 bits per heavy atom. The van der Waals surface area contributed by atoms with Crippen molar-refractivity contribution in [2.45, 2.75) is 38.0 Å². The van der Waals surface area contributed by atoms with Gasteiger partial charge in [0, 0.05) is 28.1 Å². The van der Waals surface area contributed by atoms with E-state index in [1.165, 1.54) is 16.7 Å². The molecule has 7 aromatic rings. The number of alkyl halides is 3. The molecule has 4 aliphatic rings. The number of aromatic nitrogens is 3. The second kappa shape index (κ2) is 13.7. The summed E-state index contributed by atoms with van der Waals surface area (Å²) >= 11 is 0. The van der Waals surface area contributed by atoms with Gasteiger partial charge in [-0.3, -0.25) is 29.1 Å². The number of halogens is 3. The number of carbonyl (C=O) groups excluding carboxylic acids is 3. The van der Waals surface area contributed by atoms with Crippen LogP contribution in [-0.2, 0) is 21.3 Å². The minimum atomic E-state index is -4.64. The van der Waals surface area contributed by atoms with Crippen molar-refractivity contribution in [1.82, 2.24) is 19.9 Å². The highest BCUT2D eigenvalue weighted by Crippen LogP contribution is 2.56. The molecule has 4 aliphatic heterocycles. The summed E-state index contributed by atoms with van der Waals surface area (Å²) in [5.41, 5.74) is 1.70. The number of nitrogens with one attached hydrogen (secondary N) is 2. The first-order valence-electron chi connectivity index (χ1n) is 19.8. The smallest absolute Gasteiger partial charge is 0.416 e. The molecule has 2 saturated heterocycles. The number of hydrogen-bond acceptors (Lipinski definition) is 8. The Bertz CT molecular complexity index is 3120. The van der Waals surface area contributed by atoms with E-state index in [0.717, 1.165) is 27.9 Å². The molecule has 5 aromatic carbocycles. The van der Waals surface area contributed by atoms with Crippen LogP contribution in [0.25, 0.3) is 27.5 Å². The molecule has 2 amide bonds. The molecule has 2 aromatic heterocycles. The van der Waals surface area contributed by atoms with E-state index in [-0.39, 0.29) is 28.8 Å². The molecular formula is C47H35F3N6O5. The molecule has 304 valence electrons. The molecule has 0 bridgehead atoms. The Kier molecular flexibility index (Phi) is 8.53. The largest absolute Gasteiger partial charge is 0.494 e. The first-order chi connectivity index (χ1) is 29.3. The second-order valence-corrected chi connectivity index (χ2v) is 16.1. The number of imide groups is 1. The summed E-state index contributed by atoms with van der Waals surface area (Å²) in [6, 6.07) is 32.6. The van der Waals surface area contributed by atoms with Gasteiger partial charge in [0.1, 0.15) is 17.1 Å². The molecule has 2 fully saturated rings. The average molecular weight is 821 g/mol. The standard InChI is InChI=1S/C31H25F3N4O3.C16H10N2O2/c1-16(2)14-22-24-25(28(41)37(27(24)40)18-9-7-8-17(15-18)31(32,33)34)30(36-22)20-11-4-6-13-23(20)38-26(39)19-10-3-5-12-21(19)35-29(30)38;19-15-10-6-2-4-8-12(10)17-14(15)13-9-5-1-3-7-11(9)18-16(13)20/h3-13,15-16,22,24-25,36H,14H2,1-2H3;1-8,18,20H/t22?,24-,25+,30?;/m0./s1. The maximum Gasteiger partial charge on any atom is 0.416 e. The summed E-state index contributed by atoms with van der Waals surface area (Å²) in [5.74, 6) is -2.82. The molecule has 0 radical (unpaired) electrons. The van der Waals surface area contributed by atoms with Gasteiger partial charge in [-0.25, -0.2) is 14.9 Å². The number of ketones is 1. The van der Waals surface area contributed by atoms with Crippen LogP contribution in [-0.4, -0.2) is 49.0 Å². The fraction of sp³-hybridized carbons (Fsp3) is 0.191. The second-order valence-electron chi connectivity index (χ2n) is 16.1. The number of Topliss-reactive ketones (excluding diaryl/α,β-unsaturated/α-hetero) is 1. The SMILES string of the molecule is CC(C)CC1NC2(c3ccccc3-n3c2nc2ccccc2c3=O)[C@H]2C(=O)N(c3cccc(C(F)(F)F)c3)C(=O)[C@@H]12.O=C1C(c2c(O)[nH]c3ccccc23)=Nc2ccccc21. The zero-order valence-corrected chi connectivity index (χ0v) is 32.6. The van der Waals surface area contributed by atoms with E-state index in [1.807, 2.05) is 56.3 Å². The van der Waals surface area contributed by atoms with Gasteiger partial charge in [0.15, 0.2) is 5.88 Å². The lowest BCUT2D eigenvalue weighted by Crippen LogP contribution is -2.50. The summed E-state index contributed by atoms with van der Waals surface area (Å²) in [7, 11) is 0. The minimum Gasteiger partial charge on any atom is -0.494 e. The van der Waals surface area contributed by atoms with Crippen molar-refractivity contribution in [2.24, 2.45) is 22.7 Å². The van der Waals surface area contributed by atoms with Gasteiger partial charge in [0.05, 0.1) is 50.9 Å². The van der Waals surface area contributed by atoms with Crippen molar-refractivity contribution < 1.29 is 32.7 Å². The van der Waals surface area contributed by atoms with Crippen LogP contribution < -0.4 is 15.8 Å². The first-order valence-corrected chi connectivity index (χ1v) is 19.8. The lowest BCUT2D eigenvalue weighted by molar-refractivity contribution is -0.137. The van der Waals surface area contributed by atoms with Gasteiger partial charge in [-0.1, -0.05) is 80.6 Å². The van der Waals surface area contributed by atoms with E-state index >= 15 is 0 Å². The molecular weight excluding hydrogens is 786 g/mol. The zero-order valence-electron chi connectivity index (χ0n) is 32.6. The summed E-state index contributed by atoms with van der Waals surface area (Å²) < 4.78 is 42.3. The summed E-state index contributed by atoms with van der Waals surface area (Å²) in [6.07, 6.45) is -4.12. The molecule has 6 heterocycles. The van der Waals surface area contributed by atoms with E-state index in [2.05, 4.69) is 15.3 Å². The summed E-state index contributed by atoms with van der Waals surface area (Å²) in [5, 5.41) is 14.9. The quantitative estimate of drug-likeness (QED) is 0.153. The molecule has 2 unspecified atom stereocenters. The molecule has 14 heteroatoms. The maximum absolute atomic E-state index is 14.4. The van der Waals surface area contributed by atoms with Gasteiger partial charge in [0.2, 0.25) is 17.6 Å². The van der Waals surface area contributed by atoms with E-state index in [9.17, 15) is 37.5 Å². The topological polar surface area (TPSA) is 150 Å². The highest BCUT2D eigenvalue weighted by molar-refractivity contribution is 6.56.